The monoisotopic (exact) mass is 210 g/mol. The Labute approximate surface area is 84.2 Å². The van der Waals surface area contributed by atoms with Gasteiger partial charge in [-0.05, 0) is 13.8 Å². The summed E-state index contributed by atoms with van der Waals surface area (Å²) in [7, 11) is 1.56. The van der Waals surface area contributed by atoms with Gasteiger partial charge in [0.15, 0.2) is 0 Å². The molecule has 0 radical (unpaired) electrons. The topological polar surface area (TPSA) is 38.5 Å². The first-order valence-corrected chi connectivity index (χ1v) is 4.74. The highest BCUT2D eigenvalue weighted by atomic mass is 19.3. The average Bonchev–Trinajstić information content (AvgIpc) is 2.12. The zero-order valence-electron chi connectivity index (χ0n) is 9.09. The van der Waals surface area contributed by atoms with Crippen LogP contribution in [-0.2, 0) is 4.74 Å². The molecule has 0 saturated carbocycles. The zero-order valence-corrected chi connectivity index (χ0v) is 9.09. The van der Waals surface area contributed by atoms with Crippen LogP contribution in [0.25, 0.3) is 0 Å². The maximum absolute atomic E-state index is 13.0. The lowest BCUT2D eigenvalue weighted by Crippen LogP contribution is -2.45. The molecule has 0 aliphatic carbocycles. The van der Waals surface area contributed by atoms with E-state index in [1.165, 1.54) is 0 Å². The summed E-state index contributed by atoms with van der Waals surface area (Å²) < 4.78 is 30.8. The highest BCUT2D eigenvalue weighted by Crippen LogP contribution is 2.14. The number of alkyl halides is 2. The van der Waals surface area contributed by atoms with Gasteiger partial charge in [-0.1, -0.05) is 0 Å². The molecule has 3 nitrogen and oxygen atoms in total. The first-order chi connectivity index (χ1) is 6.43. The molecule has 0 spiro atoms. The number of hydrogen-bond donors (Lipinski definition) is 1. The molecule has 2 N–H and O–H groups in total. The Hall–Kier alpha value is -0.260. The lowest BCUT2D eigenvalue weighted by atomic mass is 10.2. The molecule has 86 valence electrons. The van der Waals surface area contributed by atoms with E-state index in [0.717, 1.165) is 0 Å². The van der Waals surface area contributed by atoms with E-state index in [1.54, 1.807) is 12.0 Å². The smallest absolute Gasteiger partial charge is 0.272 e. The normalized spacial score (nSPS) is 12.9. The second-order valence-electron chi connectivity index (χ2n) is 3.62. The summed E-state index contributed by atoms with van der Waals surface area (Å²) in [6.45, 7) is 3.81. The Kier molecular flexibility index (Phi) is 6.15. The minimum atomic E-state index is -2.81. The van der Waals surface area contributed by atoms with Crippen LogP contribution in [0.5, 0.6) is 0 Å². The van der Waals surface area contributed by atoms with Crippen molar-refractivity contribution in [2.75, 3.05) is 33.4 Å². The minimum absolute atomic E-state index is 0.0718. The maximum atomic E-state index is 13.0. The van der Waals surface area contributed by atoms with Gasteiger partial charge in [-0.15, -0.1) is 0 Å². The van der Waals surface area contributed by atoms with Gasteiger partial charge in [-0.2, -0.15) is 0 Å². The summed E-state index contributed by atoms with van der Waals surface area (Å²) in [5.74, 6) is -2.81. The second-order valence-corrected chi connectivity index (χ2v) is 3.62. The summed E-state index contributed by atoms with van der Waals surface area (Å²) in [6.07, 6.45) is 0. The fraction of sp³-hybridized carbons (Fsp3) is 1.00. The lowest BCUT2D eigenvalue weighted by Gasteiger charge is -2.29. The van der Waals surface area contributed by atoms with Gasteiger partial charge < -0.3 is 10.5 Å². The highest BCUT2D eigenvalue weighted by Gasteiger charge is 2.30. The average molecular weight is 210 g/mol. The molecule has 0 aliphatic rings. The summed E-state index contributed by atoms with van der Waals surface area (Å²) >= 11 is 0. The van der Waals surface area contributed by atoms with Crippen molar-refractivity contribution < 1.29 is 13.5 Å². The standard InChI is InChI=1S/C9H20F2N2O/c1-8(2)13(4-5-14-3)7-9(10,11)6-12/h8H,4-7,12H2,1-3H3. The maximum Gasteiger partial charge on any atom is 0.272 e. The van der Waals surface area contributed by atoms with E-state index < -0.39 is 12.5 Å². The van der Waals surface area contributed by atoms with Crippen LogP contribution in [0.15, 0.2) is 0 Å². The Morgan fingerprint density at radius 1 is 1.43 bits per heavy atom. The van der Waals surface area contributed by atoms with Crippen molar-refractivity contribution in [1.29, 1.82) is 0 Å². The number of nitrogens with zero attached hydrogens (tertiary/aromatic N) is 1. The van der Waals surface area contributed by atoms with Crippen LogP contribution in [0.1, 0.15) is 13.8 Å². The molecule has 0 saturated heterocycles. The molecule has 14 heavy (non-hydrogen) atoms. The van der Waals surface area contributed by atoms with Gasteiger partial charge >= 0.3 is 0 Å². The van der Waals surface area contributed by atoms with E-state index in [-0.39, 0.29) is 12.6 Å². The predicted octanol–water partition coefficient (Wildman–Crippen LogP) is 0.937. The van der Waals surface area contributed by atoms with Crippen LogP contribution >= 0.6 is 0 Å². The number of halogens is 2. The minimum Gasteiger partial charge on any atom is -0.383 e. The second kappa shape index (κ2) is 6.27. The van der Waals surface area contributed by atoms with E-state index in [4.69, 9.17) is 10.5 Å². The van der Waals surface area contributed by atoms with E-state index >= 15 is 0 Å². The summed E-state index contributed by atoms with van der Waals surface area (Å²) in [5.41, 5.74) is 4.98. The number of rotatable bonds is 7. The molecule has 0 aromatic carbocycles. The largest absolute Gasteiger partial charge is 0.383 e. The van der Waals surface area contributed by atoms with Crippen LogP contribution in [-0.4, -0.2) is 50.2 Å². The fourth-order valence-corrected chi connectivity index (χ4v) is 1.09. The van der Waals surface area contributed by atoms with E-state index in [2.05, 4.69) is 0 Å². The Morgan fingerprint density at radius 3 is 2.36 bits per heavy atom. The highest BCUT2D eigenvalue weighted by molar-refractivity contribution is 4.75. The van der Waals surface area contributed by atoms with Crippen LogP contribution in [0.3, 0.4) is 0 Å². The molecule has 0 unspecified atom stereocenters. The zero-order chi connectivity index (χ0) is 11.2. The third-order valence-electron chi connectivity index (χ3n) is 2.05. The van der Waals surface area contributed by atoms with Crippen molar-refractivity contribution in [2.24, 2.45) is 5.73 Å². The van der Waals surface area contributed by atoms with Crippen LogP contribution in [0.2, 0.25) is 0 Å². The quantitative estimate of drug-likeness (QED) is 0.679. The van der Waals surface area contributed by atoms with Crippen LogP contribution in [0.4, 0.5) is 8.78 Å². The van der Waals surface area contributed by atoms with Gasteiger partial charge in [0.2, 0.25) is 0 Å². The number of ether oxygens (including phenoxy) is 1. The number of hydrogen-bond acceptors (Lipinski definition) is 3. The summed E-state index contributed by atoms with van der Waals surface area (Å²) in [6, 6.07) is 0.0718. The molecule has 0 amide bonds. The van der Waals surface area contributed by atoms with Crippen molar-refractivity contribution >= 4 is 0 Å². The Bertz CT molecular complexity index is 154. The number of methoxy groups -OCH3 is 1. The van der Waals surface area contributed by atoms with E-state index in [1.807, 2.05) is 13.8 Å². The molecule has 0 heterocycles. The molecule has 0 aromatic rings. The van der Waals surface area contributed by atoms with E-state index in [0.29, 0.717) is 13.2 Å². The molecule has 0 aliphatic heterocycles. The van der Waals surface area contributed by atoms with Gasteiger partial charge in [0.05, 0.1) is 19.7 Å². The van der Waals surface area contributed by atoms with Crippen molar-refractivity contribution in [3.63, 3.8) is 0 Å². The van der Waals surface area contributed by atoms with Gasteiger partial charge in [-0.25, -0.2) is 8.78 Å². The van der Waals surface area contributed by atoms with Crippen LogP contribution in [0, 0.1) is 0 Å². The lowest BCUT2D eigenvalue weighted by molar-refractivity contribution is -0.0355. The molecular weight excluding hydrogens is 190 g/mol. The molecule has 5 heteroatoms. The van der Waals surface area contributed by atoms with Crippen LogP contribution < -0.4 is 5.73 Å². The summed E-state index contributed by atoms with van der Waals surface area (Å²) in [4.78, 5) is 1.66. The molecular formula is C9H20F2N2O. The molecule has 0 fully saturated rings. The fourth-order valence-electron chi connectivity index (χ4n) is 1.09. The number of nitrogens with two attached hydrogens (primary N) is 1. The Morgan fingerprint density at radius 2 is 2.00 bits per heavy atom. The first-order valence-electron chi connectivity index (χ1n) is 4.74. The molecule has 0 rings (SSSR count). The summed E-state index contributed by atoms with van der Waals surface area (Å²) in [5, 5.41) is 0. The molecule has 0 aromatic heterocycles. The van der Waals surface area contributed by atoms with Gasteiger partial charge in [0.1, 0.15) is 0 Å². The Balaban J connectivity index is 4.08. The third-order valence-corrected chi connectivity index (χ3v) is 2.05. The van der Waals surface area contributed by atoms with Crippen molar-refractivity contribution in [3.8, 4) is 0 Å². The first kappa shape index (κ1) is 13.7. The van der Waals surface area contributed by atoms with E-state index in [9.17, 15) is 8.78 Å². The SMILES string of the molecule is COCCN(CC(F)(F)CN)C(C)C. The molecule has 0 bridgehead atoms. The van der Waals surface area contributed by atoms with Crippen molar-refractivity contribution in [1.82, 2.24) is 4.90 Å². The van der Waals surface area contributed by atoms with Gasteiger partial charge in [0.25, 0.3) is 5.92 Å². The van der Waals surface area contributed by atoms with Crippen molar-refractivity contribution in [2.45, 2.75) is 25.8 Å². The van der Waals surface area contributed by atoms with Gasteiger partial charge in [0, 0.05) is 19.7 Å². The van der Waals surface area contributed by atoms with Crippen molar-refractivity contribution in [3.05, 3.63) is 0 Å². The third kappa shape index (κ3) is 5.47. The molecule has 0 atom stereocenters. The van der Waals surface area contributed by atoms with Gasteiger partial charge in [-0.3, -0.25) is 4.90 Å². The predicted molar refractivity (Wildman–Crippen MR) is 52.6 cm³/mol.